The first-order chi connectivity index (χ1) is 9.69. The van der Waals surface area contributed by atoms with Crippen LogP contribution in [0.4, 0.5) is 8.78 Å². The Kier molecular flexibility index (Phi) is 5.07. The molecule has 0 saturated carbocycles. The average molecular weight is 277 g/mol. The smallest absolute Gasteiger partial charge is 0.165 e. The van der Waals surface area contributed by atoms with Crippen LogP contribution < -0.4 is 10.1 Å². The van der Waals surface area contributed by atoms with Gasteiger partial charge in [-0.2, -0.15) is 0 Å². The van der Waals surface area contributed by atoms with E-state index in [1.165, 1.54) is 18.2 Å². The fraction of sp³-hybridized carbons (Fsp3) is 0.250. The van der Waals surface area contributed by atoms with E-state index in [0.29, 0.717) is 12.1 Å². The Morgan fingerprint density at radius 2 is 1.90 bits per heavy atom. The third-order valence-corrected chi connectivity index (χ3v) is 2.86. The van der Waals surface area contributed by atoms with E-state index < -0.39 is 5.82 Å². The summed E-state index contributed by atoms with van der Waals surface area (Å²) in [5, 5.41) is 3.13. The molecule has 0 aliphatic rings. The summed E-state index contributed by atoms with van der Waals surface area (Å²) in [5.41, 5.74) is 1.53. The highest BCUT2D eigenvalue weighted by molar-refractivity contribution is 5.29. The topological polar surface area (TPSA) is 21.3 Å². The summed E-state index contributed by atoms with van der Waals surface area (Å²) in [5.74, 6) is -0.557. The number of halogens is 2. The van der Waals surface area contributed by atoms with Crippen LogP contribution in [0.2, 0.25) is 0 Å². The van der Waals surface area contributed by atoms with E-state index in [-0.39, 0.29) is 18.2 Å². The standard InChI is InChI=1S/C16H17F2NO/c1-2-19-10-12-6-7-16(15(18)9-12)20-11-13-4-3-5-14(17)8-13/h3-9,19H,2,10-11H2,1H3. The van der Waals surface area contributed by atoms with Gasteiger partial charge in [0.1, 0.15) is 12.4 Å². The summed E-state index contributed by atoms with van der Waals surface area (Å²) >= 11 is 0. The van der Waals surface area contributed by atoms with Gasteiger partial charge in [0.25, 0.3) is 0 Å². The third kappa shape index (κ3) is 4.03. The zero-order valence-corrected chi connectivity index (χ0v) is 11.3. The van der Waals surface area contributed by atoms with Crippen molar-refractivity contribution in [2.75, 3.05) is 6.54 Å². The van der Waals surface area contributed by atoms with E-state index in [2.05, 4.69) is 5.32 Å². The normalized spacial score (nSPS) is 10.6. The van der Waals surface area contributed by atoms with Crippen molar-refractivity contribution in [3.63, 3.8) is 0 Å². The molecular formula is C16H17F2NO. The molecule has 2 nitrogen and oxygen atoms in total. The van der Waals surface area contributed by atoms with Gasteiger partial charge >= 0.3 is 0 Å². The molecule has 2 aromatic carbocycles. The molecule has 0 amide bonds. The minimum absolute atomic E-state index is 0.140. The number of benzene rings is 2. The molecule has 2 aromatic rings. The maximum Gasteiger partial charge on any atom is 0.165 e. The Morgan fingerprint density at radius 1 is 1.05 bits per heavy atom. The Hall–Kier alpha value is -1.94. The van der Waals surface area contributed by atoms with Gasteiger partial charge in [-0.1, -0.05) is 25.1 Å². The van der Waals surface area contributed by atoms with Crippen molar-refractivity contribution in [2.24, 2.45) is 0 Å². The molecule has 106 valence electrons. The minimum atomic E-state index is -0.406. The maximum atomic E-state index is 13.8. The number of hydrogen-bond donors (Lipinski definition) is 1. The number of ether oxygens (including phenoxy) is 1. The first-order valence-corrected chi connectivity index (χ1v) is 6.55. The van der Waals surface area contributed by atoms with Crippen molar-refractivity contribution < 1.29 is 13.5 Å². The largest absolute Gasteiger partial charge is 0.486 e. The lowest BCUT2D eigenvalue weighted by molar-refractivity contribution is 0.289. The molecule has 0 aromatic heterocycles. The molecule has 0 unspecified atom stereocenters. The molecule has 0 atom stereocenters. The van der Waals surface area contributed by atoms with E-state index in [0.717, 1.165) is 12.1 Å². The van der Waals surface area contributed by atoms with Crippen LogP contribution in [0.5, 0.6) is 5.75 Å². The summed E-state index contributed by atoms with van der Waals surface area (Å²) in [6, 6.07) is 10.9. The van der Waals surface area contributed by atoms with Gasteiger partial charge in [0.05, 0.1) is 0 Å². The lowest BCUT2D eigenvalue weighted by atomic mass is 10.2. The van der Waals surface area contributed by atoms with Gasteiger partial charge in [0.15, 0.2) is 11.6 Å². The predicted molar refractivity (Wildman–Crippen MR) is 74.5 cm³/mol. The van der Waals surface area contributed by atoms with Crippen molar-refractivity contribution in [3.05, 3.63) is 65.2 Å². The van der Waals surface area contributed by atoms with Gasteiger partial charge in [0, 0.05) is 6.54 Å². The van der Waals surface area contributed by atoms with Crippen LogP contribution in [0, 0.1) is 11.6 Å². The summed E-state index contributed by atoms with van der Waals surface area (Å²) in [6.45, 7) is 3.59. The highest BCUT2D eigenvalue weighted by Crippen LogP contribution is 2.20. The van der Waals surface area contributed by atoms with Crippen molar-refractivity contribution >= 4 is 0 Å². The van der Waals surface area contributed by atoms with Crippen LogP contribution in [-0.4, -0.2) is 6.54 Å². The molecule has 0 aliphatic carbocycles. The highest BCUT2D eigenvalue weighted by atomic mass is 19.1. The van der Waals surface area contributed by atoms with Gasteiger partial charge in [-0.15, -0.1) is 0 Å². The molecule has 0 aliphatic heterocycles. The lowest BCUT2D eigenvalue weighted by Crippen LogP contribution is -2.11. The maximum absolute atomic E-state index is 13.8. The molecule has 0 spiro atoms. The monoisotopic (exact) mass is 277 g/mol. The molecule has 0 bridgehead atoms. The molecule has 0 radical (unpaired) electrons. The summed E-state index contributed by atoms with van der Waals surface area (Å²) < 4.78 is 32.2. The Labute approximate surface area is 117 Å². The second-order valence-electron chi connectivity index (χ2n) is 4.46. The van der Waals surface area contributed by atoms with Crippen LogP contribution in [0.1, 0.15) is 18.1 Å². The van der Waals surface area contributed by atoms with Crippen LogP contribution >= 0.6 is 0 Å². The van der Waals surface area contributed by atoms with E-state index in [9.17, 15) is 8.78 Å². The Morgan fingerprint density at radius 3 is 2.60 bits per heavy atom. The molecule has 4 heteroatoms. The number of rotatable bonds is 6. The first kappa shape index (κ1) is 14.5. The second-order valence-corrected chi connectivity index (χ2v) is 4.46. The average Bonchev–Trinajstić information content (AvgIpc) is 2.44. The summed E-state index contributed by atoms with van der Waals surface area (Å²) in [4.78, 5) is 0. The van der Waals surface area contributed by atoms with Gasteiger partial charge in [-0.05, 0) is 41.9 Å². The lowest BCUT2D eigenvalue weighted by Gasteiger charge is -2.09. The van der Waals surface area contributed by atoms with Crippen LogP contribution in [0.25, 0.3) is 0 Å². The molecule has 0 heterocycles. The van der Waals surface area contributed by atoms with Crippen LogP contribution in [0.15, 0.2) is 42.5 Å². The van der Waals surface area contributed by atoms with Crippen LogP contribution in [-0.2, 0) is 13.2 Å². The van der Waals surface area contributed by atoms with Gasteiger partial charge in [-0.25, -0.2) is 8.78 Å². The quantitative estimate of drug-likeness (QED) is 0.870. The van der Waals surface area contributed by atoms with Gasteiger partial charge < -0.3 is 10.1 Å². The van der Waals surface area contributed by atoms with Crippen molar-refractivity contribution in [2.45, 2.75) is 20.1 Å². The minimum Gasteiger partial charge on any atom is -0.486 e. The fourth-order valence-corrected chi connectivity index (χ4v) is 1.83. The van der Waals surface area contributed by atoms with E-state index >= 15 is 0 Å². The number of hydrogen-bond acceptors (Lipinski definition) is 2. The zero-order chi connectivity index (χ0) is 14.4. The SMILES string of the molecule is CCNCc1ccc(OCc2cccc(F)c2)c(F)c1. The first-order valence-electron chi connectivity index (χ1n) is 6.55. The van der Waals surface area contributed by atoms with E-state index in [4.69, 9.17) is 4.74 Å². The van der Waals surface area contributed by atoms with E-state index in [1.807, 2.05) is 13.0 Å². The number of nitrogens with one attached hydrogen (secondary N) is 1. The van der Waals surface area contributed by atoms with Crippen molar-refractivity contribution in [1.29, 1.82) is 0 Å². The van der Waals surface area contributed by atoms with Crippen molar-refractivity contribution in [1.82, 2.24) is 5.32 Å². The van der Waals surface area contributed by atoms with Crippen LogP contribution in [0.3, 0.4) is 0 Å². The van der Waals surface area contributed by atoms with Gasteiger partial charge in [-0.3, -0.25) is 0 Å². The summed E-state index contributed by atoms with van der Waals surface area (Å²) in [7, 11) is 0. The third-order valence-electron chi connectivity index (χ3n) is 2.86. The zero-order valence-electron chi connectivity index (χ0n) is 11.3. The molecular weight excluding hydrogens is 260 g/mol. The van der Waals surface area contributed by atoms with Crippen molar-refractivity contribution in [3.8, 4) is 5.75 Å². The second kappa shape index (κ2) is 7.01. The molecule has 0 saturated heterocycles. The fourth-order valence-electron chi connectivity index (χ4n) is 1.83. The van der Waals surface area contributed by atoms with Gasteiger partial charge in [0.2, 0.25) is 0 Å². The molecule has 1 N–H and O–H groups in total. The molecule has 20 heavy (non-hydrogen) atoms. The molecule has 0 fully saturated rings. The summed E-state index contributed by atoms with van der Waals surface area (Å²) in [6.07, 6.45) is 0. The van der Waals surface area contributed by atoms with E-state index in [1.54, 1.807) is 18.2 Å². The highest BCUT2D eigenvalue weighted by Gasteiger charge is 2.05. The Bertz CT molecular complexity index is 572. The molecule has 2 rings (SSSR count). The predicted octanol–water partition coefficient (Wildman–Crippen LogP) is 3.65. The Balaban J connectivity index is 1.99.